The Morgan fingerprint density at radius 1 is 1.07 bits per heavy atom. The molecule has 0 saturated carbocycles. The zero-order chi connectivity index (χ0) is 21.0. The van der Waals surface area contributed by atoms with Crippen LogP contribution in [0, 0.1) is 27.2 Å². The maximum Gasteiger partial charge on any atom is 0.336 e. The molecule has 2 aromatic rings. The minimum absolute atomic E-state index is 0.0356. The number of amides is 1. The van der Waals surface area contributed by atoms with Gasteiger partial charge in [-0.1, -0.05) is 6.07 Å². The smallest absolute Gasteiger partial charge is 0.336 e. The fourth-order valence-corrected chi connectivity index (χ4v) is 2.47. The van der Waals surface area contributed by atoms with Crippen LogP contribution >= 0.6 is 12.2 Å². The second-order valence-corrected chi connectivity index (χ2v) is 5.85. The Morgan fingerprint density at radius 2 is 1.64 bits per heavy atom. The first-order valence-corrected chi connectivity index (χ1v) is 7.90. The minimum atomic E-state index is -1.14. The van der Waals surface area contributed by atoms with Crippen LogP contribution in [-0.2, 0) is 0 Å². The van der Waals surface area contributed by atoms with E-state index in [0.29, 0.717) is 11.3 Å². The van der Waals surface area contributed by atoms with Crippen molar-refractivity contribution in [3.05, 3.63) is 73.3 Å². The summed E-state index contributed by atoms with van der Waals surface area (Å²) in [4.78, 5) is 43.5. The average molecular weight is 404 g/mol. The van der Waals surface area contributed by atoms with E-state index in [0.717, 1.165) is 18.2 Å². The molecule has 2 rings (SSSR count). The molecular weight excluding hydrogens is 392 g/mol. The molecule has 0 heterocycles. The number of carboxylic acids is 1. The maximum absolute atomic E-state index is 12.3. The molecule has 2 aromatic carbocycles. The summed E-state index contributed by atoms with van der Waals surface area (Å²) < 4.78 is 0. The summed E-state index contributed by atoms with van der Waals surface area (Å²) >= 11 is 4.99. The van der Waals surface area contributed by atoms with Crippen LogP contribution in [0.3, 0.4) is 0 Å². The number of thiocarbonyl (C=S) groups is 1. The highest BCUT2D eigenvalue weighted by atomic mass is 32.1. The fourth-order valence-electron chi connectivity index (χ4n) is 2.27. The molecule has 0 spiro atoms. The zero-order valence-corrected chi connectivity index (χ0v) is 15.0. The lowest BCUT2D eigenvalue weighted by molar-refractivity contribution is -0.394. The van der Waals surface area contributed by atoms with Crippen LogP contribution in [0.15, 0.2) is 36.4 Å². The van der Waals surface area contributed by atoms with Crippen LogP contribution in [0.1, 0.15) is 26.3 Å². The Morgan fingerprint density at radius 3 is 2.14 bits per heavy atom. The number of nitro groups is 2. The monoisotopic (exact) mass is 404 g/mol. The van der Waals surface area contributed by atoms with Gasteiger partial charge < -0.3 is 10.4 Å². The number of non-ortho nitro benzene ring substituents is 2. The first-order chi connectivity index (χ1) is 13.1. The largest absolute Gasteiger partial charge is 0.478 e. The lowest BCUT2D eigenvalue weighted by atomic mass is 10.1. The topological polar surface area (TPSA) is 165 Å². The standard InChI is InChI=1S/C16H12N4O7S/c1-8-12(15(22)23)3-2-4-13(8)17-16(28)18-14(21)9-5-10(19(24)25)7-11(6-9)20(26)27/h2-7H,1H3,(H,22,23)(H2,17,18,21,28). The van der Waals surface area contributed by atoms with Gasteiger partial charge in [0.1, 0.15) is 0 Å². The van der Waals surface area contributed by atoms with Gasteiger partial charge in [0.05, 0.1) is 27.0 Å². The molecule has 0 unspecified atom stereocenters. The van der Waals surface area contributed by atoms with Crippen molar-refractivity contribution in [1.82, 2.24) is 5.32 Å². The first-order valence-electron chi connectivity index (χ1n) is 7.49. The third-order valence-corrected chi connectivity index (χ3v) is 3.83. The second-order valence-electron chi connectivity index (χ2n) is 5.44. The third kappa shape index (κ3) is 4.62. The van der Waals surface area contributed by atoms with Crippen molar-refractivity contribution < 1.29 is 24.5 Å². The molecule has 0 saturated heterocycles. The molecule has 144 valence electrons. The molecule has 1 amide bonds. The van der Waals surface area contributed by atoms with E-state index < -0.39 is 33.1 Å². The van der Waals surface area contributed by atoms with E-state index in [4.69, 9.17) is 17.3 Å². The van der Waals surface area contributed by atoms with Gasteiger partial charge in [0.25, 0.3) is 17.3 Å². The Bertz CT molecular complexity index is 990. The lowest BCUT2D eigenvalue weighted by Crippen LogP contribution is -2.34. The number of nitro benzene ring substituents is 2. The van der Waals surface area contributed by atoms with E-state index in [2.05, 4.69) is 10.6 Å². The van der Waals surface area contributed by atoms with Gasteiger partial charge in [0.15, 0.2) is 5.11 Å². The summed E-state index contributed by atoms with van der Waals surface area (Å²) in [5.74, 6) is -2.05. The van der Waals surface area contributed by atoms with Crippen LogP contribution in [0.25, 0.3) is 0 Å². The number of carbonyl (C=O) groups excluding carboxylic acids is 1. The fraction of sp³-hybridized carbons (Fsp3) is 0.0625. The van der Waals surface area contributed by atoms with Crippen molar-refractivity contribution in [2.75, 3.05) is 5.32 Å². The molecule has 0 atom stereocenters. The number of rotatable bonds is 5. The maximum atomic E-state index is 12.3. The summed E-state index contributed by atoms with van der Waals surface area (Å²) in [5.41, 5.74) is -0.839. The number of hydrogen-bond acceptors (Lipinski definition) is 7. The van der Waals surface area contributed by atoms with Gasteiger partial charge in [-0.25, -0.2) is 4.79 Å². The second kappa shape index (κ2) is 8.18. The summed E-state index contributed by atoms with van der Waals surface area (Å²) in [6.45, 7) is 1.54. The SMILES string of the molecule is Cc1c(NC(=S)NC(=O)c2cc([N+](=O)[O-])cc([N+](=O)[O-])c2)cccc1C(=O)O. The van der Waals surface area contributed by atoms with Gasteiger partial charge >= 0.3 is 5.97 Å². The van der Waals surface area contributed by atoms with E-state index in [1.165, 1.54) is 12.1 Å². The molecule has 3 N–H and O–H groups in total. The van der Waals surface area contributed by atoms with Crippen molar-refractivity contribution in [2.24, 2.45) is 0 Å². The van der Waals surface area contributed by atoms with E-state index in [9.17, 15) is 29.8 Å². The van der Waals surface area contributed by atoms with E-state index in [1.807, 2.05) is 0 Å². The van der Waals surface area contributed by atoms with E-state index in [-0.39, 0.29) is 16.2 Å². The third-order valence-electron chi connectivity index (χ3n) is 3.63. The number of benzene rings is 2. The lowest BCUT2D eigenvalue weighted by Gasteiger charge is -2.13. The summed E-state index contributed by atoms with van der Waals surface area (Å²) in [7, 11) is 0. The van der Waals surface area contributed by atoms with Gasteiger partial charge in [0.2, 0.25) is 0 Å². The van der Waals surface area contributed by atoms with Crippen molar-refractivity contribution in [2.45, 2.75) is 6.92 Å². The molecule has 0 aliphatic heterocycles. The van der Waals surface area contributed by atoms with Crippen LogP contribution < -0.4 is 10.6 Å². The number of nitrogens with zero attached hydrogens (tertiary/aromatic N) is 2. The molecule has 0 radical (unpaired) electrons. The Hall–Kier alpha value is -3.93. The summed E-state index contributed by atoms with van der Waals surface area (Å²) in [6, 6.07) is 6.90. The molecule has 0 fully saturated rings. The predicted molar refractivity (Wildman–Crippen MR) is 102 cm³/mol. The number of aromatic carboxylic acids is 1. The molecule has 0 aliphatic carbocycles. The molecule has 11 nitrogen and oxygen atoms in total. The Balaban J connectivity index is 2.23. The number of hydrogen-bond donors (Lipinski definition) is 3. The Labute approximate surface area is 162 Å². The molecule has 0 aromatic heterocycles. The summed E-state index contributed by atoms with van der Waals surface area (Å²) in [5, 5.41) is 35.6. The first kappa shape index (κ1) is 20.4. The normalized spacial score (nSPS) is 10.0. The number of carboxylic acid groups (broad SMARTS) is 1. The zero-order valence-electron chi connectivity index (χ0n) is 14.2. The van der Waals surface area contributed by atoms with Gasteiger partial charge in [-0.05, 0) is 36.8 Å². The number of nitrogens with one attached hydrogen (secondary N) is 2. The van der Waals surface area contributed by atoms with Gasteiger partial charge in [-0.3, -0.25) is 30.3 Å². The van der Waals surface area contributed by atoms with E-state index >= 15 is 0 Å². The van der Waals surface area contributed by atoms with Crippen molar-refractivity contribution >= 4 is 46.3 Å². The van der Waals surface area contributed by atoms with Crippen molar-refractivity contribution in [3.63, 3.8) is 0 Å². The molecule has 0 bridgehead atoms. The average Bonchev–Trinajstić information content (AvgIpc) is 2.62. The molecule has 0 aliphatic rings. The van der Waals surface area contributed by atoms with Crippen LogP contribution in [0.5, 0.6) is 0 Å². The number of anilines is 1. The summed E-state index contributed by atoms with van der Waals surface area (Å²) in [6.07, 6.45) is 0. The van der Waals surface area contributed by atoms with Crippen LogP contribution in [0.4, 0.5) is 17.1 Å². The quantitative estimate of drug-likeness (QED) is 0.386. The van der Waals surface area contributed by atoms with Crippen molar-refractivity contribution in [1.29, 1.82) is 0 Å². The highest BCUT2D eigenvalue weighted by molar-refractivity contribution is 7.80. The Kier molecular flexibility index (Phi) is 5.95. The minimum Gasteiger partial charge on any atom is -0.478 e. The highest BCUT2D eigenvalue weighted by Crippen LogP contribution is 2.23. The van der Waals surface area contributed by atoms with Crippen LogP contribution in [-0.4, -0.2) is 31.9 Å². The number of carbonyl (C=O) groups is 2. The van der Waals surface area contributed by atoms with E-state index in [1.54, 1.807) is 13.0 Å². The molecular formula is C16H12N4O7S. The van der Waals surface area contributed by atoms with Gasteiger partial charge in [-0.15, -0.1) is 0 Å². The van der Waals surface area contributed by atoms with Crippen molar-refractivity contribution in [3.8, 4) is 0 Å². The molecule has 28 heavy (non-hydrogen) atoms. The predicted octanol–water partition coefficient (Wildman–Crippen LogP) is 2.64. The highest BCUT2D eigenvalue weighted by Gasteiger charge is 2.20. The van der Waals surface area contributed by atoms with Gasteiger partial charge in [-0.2, -0.15) is 0 Å². The van der Waals surface area contributed by atoms with Gasteiger partial charge in [0, 0.05) is 17.8 Å². The van der Waals surface area contributed by atoms with Crippen LogP contribution in [0.2, 0.25) is 0 Å². The molecule has 12 heteroatoms.